The topological polar surface area (TPSA) is 21.3 Å². The van der Waals surface area contributed by atoms with E-state index in [1.165, 1.54) is 44.9 Å². The first-order valence-electron chi connectivity index (χ1n) is 6.58. The zero-order valence-corrected chi connectivity index (χ0v) is 10.2. The zero-order valence-electron chi connectivity index (χ0n) is 10.2. The van der Waals surface area contributed by atoms with Crippen LogP contribution in [-0.4, -0.2) is 25.3 Å². The molecule has 0 radical (unpaired) electrons. The van der Waals surface area contributed by atoms with Crippen LogP contribution in [0.2, 0.25) is 0 Å². The van der Waals surface area contributed by atoms with E-state index in [1.807, 2.05) is 7.11 Å². The fourth-order valence-electron chi connectivity index (χ4n) is 3.27. The molecular weight excluding hydrogens is 186 g/mol. The Labute approximate surface area is 93.8 Å². The number of hydrogen-bond acceptors (Lipinski definition) is 2. The Morgan fingerprint density at radius 2 is 1.87 bits per heavy atom. The van der Waals surface area contributed by atoms with Crippen LogP contribution >= 0.6 is 0 Å². The molecule has 2 rings (SSSR count). The van der Waals surface area contributed by atoms with Gasteiger partial charge in [0.05, 0.1) is 6.10 Å². The van der Waals surface area contributed by atoms with Gasteiger partial charge < -0.3 is 10.1 Å². The van der Waals surface area contributed by atoms with Gasteiger partial charge in [-0.05, 0) is 44.9 Å². The molecule has 2 aliphatic carbocycles. The average Bonchev–Trinajstić information content (AvgIpc) is 2.87. The summed E-state index contributed by atoms with van der Waals surface area (Å²) in [6.07, 6.45) is 10.0. The van der Waals surface area contributed by atoms with E-state index in [0.29, 0.717) is 18.2 Å². The highest BCUT2D eigenvalue weighted by atomic mass is 16.5. The van der Waals surface area contributed by atoms with Crippen LogP contribution in [0.3, 0.4) is 0 Å². The highest BCUT2D eigenvalue weighted by Crippen LogP contribution is 2.29. The van der Waals surface area contributed by atoms with Gasteiger partial charge >= 0.3 is 0 Å². The van der Waals surface area contributed by atoms with Crippen molar-refractivity contribution >= 4 is 0 Å². The third-order valence-corrected chi connectivity index (χ3v) is 4.32. The smallest absolute Gasteiger partial charge is 0.0586 e. The van der Waals surface area contributed by atoms with E-state index < -0.39 is 0 Å². The fourth-order valence-corrected chi connectivity index (χ4v) is 3.27. The molecule has 0 aromatic rings. The van der Waals surface area contributed by atoms with Crippen molar-refractivity contribution in [2.75, 3.05) is 7.11 Å². The SMILES string of the molecule is COC1CCC(NC(C)C2CCCC2)C1. The maximum atomic E-state index is 5.41. The van der Waals surface area contributed by atoms with Crippen molar-refractivity contribution < 1.29 is 4.74 Å². The van der Waals surface area contributed by atoms with Crippen LogP contribution in [0.4, 0.5) is 0 Å². The van der Waals surface area contributed by atoms with Gasteiger partial charge in [-0.25, -0.2) is 0 Å². The van der Waals surface area contributed by atoms with Crippen molar-refractivity contribution in [1.29, 1.82) is 0 Å². The van der Waals surface area contributed by atoms with Gasteiger partial charge in [0, 0.05) is 19.2 Å². The summed E-state index contributed by atoms with van der Waals surface area (Å²) >= 11 is 0. The Hall–Kier alpha value is -0.0800. The molecule has 2 nitrogen and oxygen atoms in total. The summed E-state index contributed by atoms with van der Waals surface area (Å²) in [5.74, 6) is 0.937. The monoisotopic (exact) mass is 211 g/mol. The molecule has 15 heavy (non-hydrogen) atoms. The molecule has 0 spiro atoms. The van der Waals surface area contributed by atoms with Crippen LogP contribution in [0, 0.1) is 5.92 Å². The van der Waals surface area contributed by atoms with Crippen molar-refractivity contribution in [2.45, 2.75) is 70.1 Å². The maximum absolute atomic E-state index is 5.41. The van der Waals surface area contributed by atoms with Gasteiger partial charge in [-0.2, -0.15) is 0 Å². The predicted molar refractivity (Wildman–Crippen MR) is 63.0 cm³/mol. The van der Waals surface area contributed by atoms with Gasteiger partial charge in [-0.15, -0.1) is 0 Å². The van der Waals surface area contributed by atoms with Crippen LogP contribution in [0.25, 0.3) is 0 Å². The second-order valence-electron chi connectivity index (χ2n) is 5.37. The third-order valence-electron chi connectivity index (χ3n) is 4.32. The highest BCUT2D eigenvalue weighted by Gasteiger charge is 2.28. The normalized spacial score (nSPS) is 34.8. The van der Waals surface area contributed by atoms with Gasteiger partial charge in [-0.3, -0.25) is 0 Å². The van der Waals surface area contributed by atoms with Crippen molar-refractivity contribution in [3.63, 3.8) is 0 Å². The molecule has 0 heterocycles. The van der Waals surface area contributed by atoms with E-state index in [4.69, 9.17) is 4.74 Å². The molecule has 0 amide bonds. The van der Waals surface area contributed by atoms with Crippen LogP contribution in [0.5, 0.6) is 0 Å². The minimum absolute atomic E-state index is 0.512. The maximum Gasteiger partial charge on any atom is 0.0586 e. The number of nitrogens with one attached hydrogen (secondary N) is 1. The van der Waals surface area contributed by atoms with Crippen molar-refractivity contribution in [3.8, 4) is 0 Å². The number of rotatable bonds is 4. The summed E-state index contributed by atoms with van der Waals surface area (Å²) < 4.78 is 5.41. The van der Waals surface area contributed by atoms with Crippen LogP contribution < -0.4 is 5.32 Å². The van der Waals surface area contributed by atoms with Crippen LogP contribution in [0.15, 0.2) is 0 Å². The van der Waals surface area contributed by atoms with E-state index in [1.54, 1.807) is 0 Å². The molecule has 3 atom stereocenters. The number of hydrogen-bond donors (Lipinski definition) is 1. The minimum Gasteiger partial charge on any atom is -0.381 e. The minimum atomic E-state index is 0.512. The highest BCUT2D eigenvalue weighted by molar-refractivity contribution is 4.86. The zero-order chi connectivity index (χ0) is 10.7. The molecule has 2 heteroatoms. The Morgan fingerprint density at radius 3 is 2.47 bits per heavy atom. The lowest BCUT2D eigenvalue weighted by Gasteiger charge is -2.24. The van der Waals surface area contributed by atoms with E-state index >= 15 is 0 Å². The van der Waals surface area contributed by atoms with Crippen molar-refractivity contribution in [3.05, 3.63) is 0 Å². The molecule has 88 valence electrons. The molecule has 0 aromatic heterocycles. The molecule has 0 aliphatic heterocycles. The lowest BCUT2D eigenvalue weighted by molar-refractivity contribution is 0.106. The molecule has 0 aromatic carbocycles. The summed E-state index contributed by atoms with van der Waals surface area (Å²) in [7, 11) is 1.84. The first-order chi connectivity index (χ1) is 7.29. The van der Waals surface area contributed by atoms with E-state index in [9.17, 15) is 0 Å². The second kappa shape index (κ2) is 5.31. The molecule has 2 fully saturated rings. The lowest BCUT2D eigenvalue weighted by Crippen LogP contribution is -2.39. The molecule has 0 saturated heterocycles. The van der Waals surface area contributed by atoms with E-state index in [-0.39, 0.29) is 0 Å². The van der Waals surface area contributed by atoms with Gasteiger partial charge in [-0.1, -0.05) is 12.8 Å². The number of methoxy groups -OCH3 is 1. The third kappa shape index (κ3) is 2.94. The molecular formula is C13H25NO. The second-order valence-corrected chi connectivity index (χ2v) is 5.37. The summed E-state index contributed by atoms with van der Waals surface area (Å²) in [6.45, 7) is 2.37. The standard InChI is InChI=1S/C13H25NO/c1-10(11-5-3-4-6-11)14-12-7-8-13(9-12)15-2/h10-14H,3-9H2,1-2H3. The van der Waals surface area contributed by atoms with Crippen LogP contribution in [0.1, 0.15) is 51.9 Å². The lowest BCUT2D eigenvalue weighted by atomic mass is 9.99. The average molecular weight is 211 g/mol. The van der Waals surface area contributed by atoms with Gasteiger partial charge in [0.1, 0.15) is 0 Å². The van der Waals surface area contributed by atoms with Gasteiger partial charge in [0.15, 0.2) is 0 Å². The van der Waals surface area contributed by atoms with Gasteiger partial charge in [0.2, 0.25) is 0 Å². The molecule has 2 saturated carbocycles. The number of ether oxygens (including phenoxy) is 1. The Balaban J connectivity index is 1.72. The quantitative estimate of drug-likeness (QED) is 0.772. The summed E-state index contributed by atoms with van der Waals surface area (Å²) in [5, 5.41) is 3.81. The summed E-state index contributed by atoms with van der Waals surface area (Å²) in [5.41, 5.74) is 0. The van der Waals surface area contributed by atoms with Gasteiger partial charge in [0.25, 0.3) is 0 Å². The molecule has 2 aliphatic rings. The Morgan fingerprint density at radius 1 is 1.13 bits per heavy atom. The molecule has 1 N–H and O–H groups in total. The molecule has 3 unspecified atom stereocenters. The Bertz CT molecular complexity index is 189. The van der Waals surface area contributed by atoms with Crippen LogP contribution in [-0.2, 0) is 4.74 Å². The van der Waals surface area contributed by atoms with Crippen molar-refractivity contribution in [2.24, 2.45) is 5.92 Å². The largest absolute Gasteiger partial charge is 0.381 e. The van der Waals surface area contributed by atoms with E-state index in [0.717, 1.165) is 5.92 Å². The van der Waals surface area contributed by atoms with E-state index in [2.05, 4.69) is 12.2 Å². The fraction of sp³-hybridized carbons (Fsp3) is 1.00. The first kappa shape index (κ1) is 11.4. The summed E-state index contributed by atoms with van der Waals surface area (Å²) in [4.78, 5) is 0. The van der Waals surface area contributed by atoms with Crippen molar-refractivity contribution in [1.82, 2.24) is 5.32 Å². The first-order valence-corrected chi connectivity index (χ1v) is 6.58. The summed E-state index contributed by atoms with van der Waals surface area (Å²) in [6, 6.07) is 1.43. The molecule has 0 bridgehead atoms. The Kier molecular flexibility index (Phi) is 4.04. The predicted octanol–water partition coefficient (Wildman–Crippen LogP) is 2.72.